The van der Waals surface area contributed by atoms with E-state index in [1.54, 1.807) is 0 Å². The van der Waals surface area contributed by atoms with Crippen LogP contribution in [0, 0.1) is 5.92 Å². The Morgan fingerprint density at radius 2 is 1.75 bits per heavy atom. The molecule has 0 aliphatic heterocycles. The Balaban J connectivity index is 2.01. The zero-order valence-corrected chi connectivity index (χ0v) is 13.3. The van der Waals surface area contributed by atoms with Gasteiger partial charge in [-0.05, 0) is 37.2 Å². The highest BCUT2D eigenvalue weighted by molar-refractivity contribution is 5.19. The smallest absolute Gasteiger partial charge is 0.0322 e. The summed E-state index contributed by atoms with van der Waals surface area (Å²) >= 11 is 0. The van der Waals surface area contributed by atoms with Crippen LogP contribution in [0.25, 0.3) is 0 Å². The van der Waals surface area contributed by atoms with Gasteiger partial charge in [-0.3, -0.25) is 0 Å². The lowest BCUT2D eigenvalue weighted by atomic mass is 9.82. The number of rotatable bonds is 7. The molecule has 1 aromatic rings. The van der Waals surface area contributed by atoms with E-state index in [4.69, 9.17) is 0 Å². The predicted octanol–water partition coefficient (Wildman–Crippen LogP) is 5.48. The summed E-state index contributed by atoms with van der Waals surface area (Å²) in [5.74, 6) is 0.900. The van der Waals surface area contributed by atoms with Gasteiger partial charge in [-0.2, -0.15) is 0 Å². The summed E-state index contributed by atoms with van der Waals surface area (Å²) in [7, 11) is 0. The Kier molecular flexibility index (Phi) is 6.59. The first-order valence-electron chi connectivity index (χ1n) is 8.66. The molecule has 1 nitrogen and oxygen atoms in total. The van der Waals surface area contributed by atoms with Crippen molar-refractivity contribution in [2.75, 3.05) is 0 Å². The standard InChI is InChI=1S/C19H31N/c1-3-11-19(17-14-9-6-10-15-17)20-18(4-2)16-12-7-5-8-13-16/h6,9-10,14-16,18-20H,3-5,7-8,11-13H2,1-2H3. The van der Waals surface area contributed by atoms with Gasteiger partial charge >= 0.3 is 0 Å². The zero-order chi connectivity index (χ0) is 14.2. The van der Waals surface area contributed by atoms with Gasteiger partial charge in [0.25, 0.3) is 0 Å². The minimum absolute atomic E-state index is 0.535. The summed E-state index contributed by atoms with van der Waals surface area (Å²) in [6, 6.07) is 12.2. The van der Waals surface area contributed by atoms with Crippen LogP contribution in [-0.2, 0) is 0 Å². The van der Waals surface area contributed by atoms with E-state index in [-0.39, 0.29) is 0 Å². The summed E-state index contributed by atoms with van der Waals surface area (Å²) < 4.78 is 0. The van der Waals surface area contributed by atoms with E-state index in [1.807, 2.05) is 0 Å². The first kappa shape index (κ1) is 15.6. The molecule has 2 unspecified atom stereocenters. The molecule has 1 N–H and O–H groups in total. The quantitative estimate of drug-likeness (QED) is 0.694. The van der Waals surface area contributed by atoms with E-state index < -0.39 is 0 Å². The van der Waals surface area contributed by atoms with Crippen LogP contribution in [0.15, 0.2) is 30.3 Å². The molecule has 1 saturated carbocycles. The predicted molar refractivity (Wildman–Crippen MR) is 87.9 cm³/mol. The van der Waals surface area contributed by atoms with Crippen molar-refractivity contribution >= 4 is 0 Å². The molecular formula is C19H31N. The van der Waals surface area contributed by atoms with Crippen molar-refractivity contribution in [2.45, 2.75) is 77.3 Å². The Morgan fingerprint density at radius 1 is 1.05 bits per heavy atom. The third-order valence-corrected chi connectivity index (χ3v) is 4.85. The number of benzene rings is 1. The average molecular weight is 273 g/mol. The topological polar surface area (TPSA) is 12.0 Å². The van der Waals surface area contributed by atoms with Gasteiger partial charge < -0.3 is 5.32 Å². The van der Waals surface area contributed by atoms with E-state index in [1.165, 1.54) is 56.9 Å². The Bertz CT molecular complexity index is 353. The number of nitrogens with one attached hydrogen (secondary N) is 1. The fourth-order valence-corrected chi connectivity index (χ4v) is 3.70. The molecule has 1 aliphatic rings. The zero-order valence-electron chi connectivity index (χ0n) is 13.3. The molecular weight excluding hydrogens is 242 g/mol. The van der Waals surface area contributed by atoms with Crippen molar-refractivity contribution < 1.29 is 0 Å². The Morgan fingerprint density at radius 3 is 2.35 bits per heavy atom. The minimum Gasteiger partial charge on any atom is -0.307 e. The second-order valence-electron chi connectivity index (χ2n) is 6.33. The van der Waals surface area contributed by atoms with Crippen LogP contribution in [0.1, 0.15) is 76.8 Å². The molecule has 0 amide bonds. The average Bonchev–Trinajstić information content (AvgIpc) is 2.53. The van der Waals surface area contributed by atoms with Crippen molar-refractivity contribution in [1.82, 2.24) is 5.32 Å². The minimum atomic E-state index is 0.535. The molecule has 2 atom stereocenters. The molecule has 0 radical (unpaired) electrons. The van der Waals surface area contributed by atoms with Gasteiger partial charge in [-0.25, -0.2) is 0 Å². The lowest BCUT2D eigenvalue weighted by molar-refractivity contribution is 0.242. The molecule has 20 heavy (non-hydrogen) atoms. The molecule has 0 bridgehead atoms. The second kappa shape index (κ2) is 8.46. The van der Waals surface area contributed by atoms with Gasteiger partial charge in [0, 0.05) is 12.1 Å². The van der Waals surface area contributed by atoms with Crippen molar-refractivity contribution in [2.24, 2.45) is 5.92 Å². The molecule has 112 valence electrons. The highest BCUT2D eigenvalue weighted by Gasteiger charge is 2.24. The molecule has 0 saturated heterocycles. The largest absolute Gasteiger partial charge is 0.307 e. The summed E-state index contributed by atoms with van der Waals surface area (Å²) in [5.41, 5.74) is 1.46. The van der Waals surface area contributed by atoms with Gasteiger partial charge in [-0.1, -0.05) is 69.9 Å². The fourth-order valence-electron chi connectivity index (χ4n) is 3.70. The lowest BCUT2D eigenvalue weighted by Gasteiger charge is -2.34. The van der Waals surface area contributed by atoms with E-state index in [0.29, 0.717) is 12.1 Å². The van der Waals surface area contributed by atoms with Crippen LogP contribution < -0.4 is 5.32 Å². The number of hydrogen-bond donors (Lipinski definition) is 1. The maximum atomic E-state index is 3.99. The second-order valence-corrected chi connectivity index (χ2v) is 6.33. The highest BCUT2D eigenvalue weighted by Crippen LogP contribution is 2.30. The van der Waals surface area contributed by atoms with Gasteiger partial charge in [0.2, 0.25) is 0 Å². The molecule has 1 fully saturated rings. The Labute approximate surface area is 125 Å². The number of hydrogen-bond acceptors (Lipinski definition) is 1. The van der Waals surface area contributed by atoms with Crippen LogP contribution in [-0.4, -0.2) is 6.04 Å². The van der Waals surface area contributed by atoms with E-state index in [9.17, 15) is 0 Å². The molecule has 0 heterocycles. The van der Waals surface area contributed by atoms with Crippen molar-refractivity contribution in [3.8, 4) is 0 Å². The van der Waals surface area contributed by atoms with Crippen LogP contribution in [0.5, 0.6) is 0 Å². The monoisotopic (exact) mass is 273 g/mol. The molecule has 2 rings (SSSR count). The third-order valence-electron chi connectivity index (χ3n) is 4.85. The van der Waals surface area contributed by atoms with Crippen molar-refractivity contribution in [3.63, 3.8) is 0 Å². The van der Waals surface area contributed by atoms with Crippen LogP contribution in [0.3, 0.4) is 0 Å². The first-order valence-corrected chi connectivity index (χ1v) is 8.66. The molecule has 1 heteroatoms. The van der Waals surface area contributed by atoms with E-state index in [2.05, 4.69) is 49.5 Å². The summed E-state index contributed by atoms with van der Waals surface area (Å²) in [4.78, 5) is 0. The Hall–Kier alpha value is -0.820. The molecule has 0 aromatic heterocycles. The van der Waals surface area contributed by atoms with Crippen LogP contribution >= 0.6 is 0 Å². The van der Waals surface area contributed by atoms with Crippen molar-refractivity contribution in [1.29, 1.82) is 0 Å². The maximum Gasteiger partial charge on any atom is 0.0322 e. The maximum absolute atomic E-state index is 3.99. The summed E-state index contributed by atoms with van der Waals surface area (Å²) in [6.45, 7) is 4.64. The van der Waals surface area contributed by atoms with Gasteiger partial charge in [0.15, 0.2) is 0 Å². The highest BCUT2D eigenvalue weighted by atomic mass is 15.0. The van der Waals surface area contributed by atoms with Crippen molar-refractivity contribution in [3.05, 3.63) is 35.9 Å². The van der Waals surface area contributed by atoms with Crippen LogP contribution in [0.2, 0.25) is 0 Å². The summed E-state index contributed by atoms with van der Waals surface area (Å²) in [6.07, 6.45) is 10.9. The van der Waals surface area contributed by atoms with Gasteiger partial charge in [-0.15, -0.1) is 0 Å². The molecule has 0 spiro atoms. The van der Waals surface area contributed by atoms with E-state index >= 15 is 0 Å². The molecule has 1 aromatic carbocycles. The van der Waals surface area contributed by atoms with Gasteiger partial charge in [0.1, 0.15) is 0 Å². The lowest BCUT2D eigenvalue weighted by Crippen LogP contribution is -2.39. The first-order chi connectivity index (χ1) is 9.85. The third kappa shape index (κ3) is 4.34. The van der Waals surface area contributed by atoms with E-state index in [0.717, 1.165) is 5.92 Å². The molecule has 1 aliphatic carbocycles. The normalized spacial score (nSPS) is 19.7. The SMILES string of the molecule is CCCC(NC(CC)C1CCCCC1)c1ccccc1. The van der Waals surface area contributed by atoms with Gasteiger partial charge in [0.05, 0.1) is 0 Å². The van der Waals surface area contributed by atoms with Crippen LogP contribution in [0.4, 0.5) is 0 Å². The summed E-state index contributed by atoms with van der Waals surface area (Å²) in [5, 5.41) is 3.99. The fraction of sp³-hybridized carbons (Fsp3) is 0.684.